The van der Waals surface area contributed by atoms with E-state index in [1.807, 2.05) is 42.5 Å². The number of amides is 2. The molecule has 0 radical (unpaired) electrons. The maximum Gasteiger partial charge on any atom is 0.279 e. The number of hydrogen-bond acceptors (Lipinski definition) is 3. The summed E-state index contributed by atoms with van der Waals surface area (Å²) in [5, 5.41) is 2.62. The van der Waals surface area contributed by atoms with E-state index < -0.39 is 12.0 Å². The first-order chi connectivity index (χ1) is 13.0. The third-order valence-corrected chi connectivity index (χ3v) is 4.41. The molecule has 0 aliphatic carbocycles. The minimum atomic E-state index is -0.772. The SMILES string of the molecule is C[C@@H](Oc1ccc2ccccc2c1)C(=O)NNC(=O)Cc1ccccc1Cl. The number of carbonyl (C=O) groups is 2. The van der Waals surface area contributed by atoms with Crippen molar-refractivity contribution in [2.75, 3.05) is 0 Å². The Morgan fingerprint density at radius 1 is 0.963 bits per heavy atom. The molecular formula is C21H19ClN2O3. The first-order valence-electron chi connectivity index (χ1n) is 8.50. The van der Waals surface area contributed by atoms with Gasteiger partial charge in [0.05, 0.1) is 6.42 Å². The Hall–Kier alpha value is -3.05. The number of fused-ring (bicyclic) bond motifs is 1. The summed E-state index contributed by atoms with van der Waals surface area (Å²) >= 11 is 6.03. The van der Waals surface area contributed by atoms with Crippen molar-refractivity contribution in [1.29, 1.82) is 0 Å². The molecule has 0 aliphatic heterocycles. The molecule has 2 N–H and O–H groups in total. The van der Waals surface area contributed by atoms with Gasteiger partial charge in [-0.2, -0.15) is 0 Å². The first-order valence-corrected chi connectivity index (χ1v) is 8.88. The molecule has 3 aromatic carbocycles. The summed E-state index contributed by atoms with van der Waals surface area (Å²) in [4.78, 5) is 24.1. The highest BCUT2D eigenvalue weighted by atomic mass is 35.5. The molecule has 0 aliphatic rings. The van der Waals surface area contributed by atoms with Crippen LogP contribution in [0.2, 0.25) is 5.02 Å². The Balaban J connectivity index is 1.52. The molecule has 0 unspecified atom stereocenters. The summed E-state index contributed by atoms with van der Waals surface area (Å²) in [6.07, 6.45) is -0.702. The minimum absolute atomic E-state index is 0.0693. The Morgan fingerprint density at radius 3 is 2.44 bits per heavy atom. The normalized spacial score (nSPS) is 11.6. The van der Waals surface area contributed by atoms with Gasteiger partial charge >= 0.3 is 0 Å². The molecule has 5 nitrogen and oxygen atoms in total. The summed E-state index contributed by atoms with van der Waals surface area (Å²) < 4.78 is 5.67. The number of benzene rings is 3. The van der Waals surface area contributed by atoms with Gasteiger partial charge in [-0.05, 0) is 41.5 Å². The van der Waals surface area contributed by atoms with E-state index in [1.54, 1.807) is 31.2 Å². The van der Waals surface area contributed by atoms with Gasteiger partial charge in [0, 0.05) is 5.02 Å². The monoisotopic (exact) mass is 382 g/mol. The van der Waals surface area contributed by atoms with E-state index in [1.165, 1.54) is 0 Å². The van der Waals surface area contributed by atoms with E-state index in [2.05, 4.69) is 10.9 Å². The summed E-state index contributed by atoms with van der Waals surface area (Å²) in [6.45, 7) is 1.62. The van der Waals surface area contributed by atoms with Crippen molar-refractivity contribution in [1.82, 2.24) is 10.9 Å². The number of halogens is 1. The van der Waals surface area contributed by atoms with E-state index in [-0.39, 0.29) is 12.3 Å². The lowest BCUT2D eigenvalue weighted by atomic mass is 10.1. The van der Waals surface area contributed by atoms with Crippen molar-refractivity contribution in [3.05, 3.63) is 77.3 Å². The van der Waals surface area contributed by atoms with Gasteiger partial charge in [0.15, 0.2) is 6.10 Å². The second kappa shape index (κ2) is 8.56. The van der Waals surface area contributed by atoms with Crippen molar-refractivity contribution < 1.29 is 14.3 Å². The van der Waals surface area contributed by atoms with E-state index >= 15 is 0 Å². The smallest absolute Gasteiger partial charge is 0.279 e. The lowest BCUT2D eigenvalue weighted by Gasteiger charge is -2.15. The van der Waals surface area contributed by atoms with Gasteiger partial charge in [-0.1, -0.05) is 60.1 Å². The topological polar surface area (TPSA) is 67.4 Å². The van der Waals surface area contributed by atoms with Crippen LogP contribution in [0.25, 0.3) is 10.8 Å². The van der Waals surface area contributed by atoms with E-state index in [9.17, 15) is 9.59 Å². The molecule has 0 saturated heterocycles. The predicted octanol–water partition coefficient (Wildman–Crippen LogP) is 3.65. The Labute approximate surface area is 162 Å². The third kappa shape index (κ3) is 4.99. The van der Waals surface area contributed by atoms with Crippen molar-refractivity contribution in [2.45, 2.75) is 19.4 Å². The maximum absolute atomic E-state index is 12.2. The van der Waals surface area contributed by atoms with Crippen LogP contribution in [0.1, 0.15) is 12.5 Å². The second-order valence-electron chi connectivity index (χ2n) is 6.07. The number of nitrogens with one attached hydrogen (secondary N) is 2. The number of hydrogen-bond donors (Lipinski definition) is 2. The van der Waals surface area contributed by atoms with Crippen LogP contribution in [0.4, 0.5) is 0 Å². The zero-order chi connectivity index (χ0) is 19.2. The molecule has 3 aromatic rings. The van der Waals surface area contributed by atoms with Gasteiger partial charge in [0.2, 0.25) is 5.91 Å². The van der Waals surface area contributed by atoms with Crippen molar-refractivity contribution >= 4 is 34.2 Å². The van der Waals surface area contributed by atoms with Crippen LogP contribution in [-0.4, -0.2) is 17.9 Å². The maximum atomic E-state index is 12.2. The average Bonchev–Trinajstić information content (AvgIpc) is 2.67. The standard InChI is InChI=1S/C21H19ClN2O3/c1-14(27-18-11-10-15-6-2-3-7-16(15)12-18)21(26)24-23-20(25)13-17-8-4-5-9-19(17)22/h2-12,14H,13H2,1H3,(H,23,25)(H,24,26)/t14-/m1/s1. The average molecular weight is 383 g/mol. The van der Waals surface area contributed by atoms with Crippen LogP contribution in [0.15, 0.2) is 66.7 Å². The Morgan fingerprint density at radius 2 is 1.67 bits per heavy atom. The fraction of sp³-hybridized carbons (Fsp3) is 0.143. The van der Waals surface area contributed by atoms with Gasteiger partial charge in [0.1, 0.15) is 5.75 Å². The summed E-state index contributed by atoms with van der Waals surface area (Å²) in [5.41, 5.74) is 5.44. The quantitative estimate of drug-likeness (QED) is 0.662. The second-order valence-corrected chi connectivity index (χ2v) is 6.48. The number of rotatable bonds is 5. The van der Waals surface area contributed by atoms with Crippen LogP contribution in [0.3, 0.4) is 0 Å². The predicted molar refractivity (Wildman–Crippen MR) is 105 cm³/mol. The third-order valence-electron chi connectivity index (χ3n) is 4.04. The van der Waals surface area contributed by atoms with Crippen molar-refractivity contribution in [2.24, 2.45) is 0 Å². The van der Waals surface area contributed by atoms with Gasteiger partial charge < -0.3 is 4.74 Å². The van der Waals surface area contributed by atoms with Crippen LogP contribution in [-0.2, 0) is 16.0 Å². The Kier molecular flexibility index (Phi) is 5.94. The molecule has 0 spiro atoms. The largest absolute Gasteiger partial charge is 0.481 e. The van der Waals surface area contributed by atoms with Crippen molar-refractivity contribution in [3.63, 3.8) is 0 Å². The highest BCUT2D eigenvalue weighted by Gasteiger charge is 2.16. The lowest BCUT2D eigenvalue weighted by Crippen LogP contribution is -2.47. The molecule has 0 aromatic heterocycles. The summed E-state index contributed by atoms with van der Waals surface area (Å²) in [5.74, 6) is -0.233. The molecular weight excluding hydrogens is 364 g/mol. The molecule has 138 valence electrons. The molecule has 3 rings (SSSR count). The Bertz CT molecular complexity index is 974. The number of carbonyl (C=O) groups excluding carboxylic acids is 2. The number of ether oxygens (including phenoxy) is 1. The van der Waals surface area contributed by atoms with Crippen LogP contribution >= 0.6 is 11.6 Å². The highest BCUT2D eigenvalue weighted by molar-refractivity contribution is 6.31. The molecule has 0 fully saturated rings. The van der Waals surface area contributed by atoms with Crippen molar-refractivity contribution in [3.8, 4) is 5.75 Å². The lowest BCUT2D eigenvalue weighted by molar-refractivity contribution is -0.132. The molecule has 2 amide bonds. The zero-order valence-corrected chi connectivity index (χ0v) is 15.5. The molecule has 6 heteroatoms. The fourth-order valence-corrected chi connectivity index (χ4v) is 2.79. The van der Waals surface area contributed by atoms with E-state index in [4.69, 9.17) is 16.3 Å². The van der Waals surface area contributed by atoms with Gasteiger partial charge in [0.25, 0.3) is 5.91 Å². The van der Waals surface area contributed by atoms with E-state index in [0.29, 0.717) is 16.3 Å². The summed E-state index contributed by atoms with van der Waals surface area (Å²) in [6, 6.07) is 20.5. The van der Waals surface area contributed by atoms with Crippen LogP contribution in [0.5, 0.6) is 5.75 Å². The van der Waals surface area contributed by atoms with E-state index in [0.717, 1.165) is 10.8 Å². The molecule has 27 heavy (non-hydrogen) atoms. The summed E-state index contributed by atoms with van der Waals surface area (Å²) in [7, 11) is 0. The molecule has 1 atom stereocenters. The van der Waals surface area contributed by atoms with Crippen LogP contribution < -0.4 is 15.6 Å². The van der Waals surface area contributed by atoms with Gasteiger partial charge in [-0.25, -0.2) is 0 Å². The van der Waals surface area contributed by atoms with Gasteiger partial charge in [-0.15, -0.1) is 0 Å². The zero-order valence-electron chi connectivity index (χ0n) is 14.7. The number of hydrazine groups is 1. The molecule has 0 saturated carbocycles. The fourth-order valence-electron chi connectivity index (χ4n) is 2.59. The van der Waals surface area contributed by atoms with Crippen LogP contribution in [0, 0.1) is 0 Å². The highest BCUT2D eigenvalue weighted by Crippen LogP contribution is 2.21. The van der Waals surface area contributed by atoms with Gasteiger partial charge in [-0.3, -0.25) is 20.4 Å². The molecule has 0 heterocycles. The first kappa shape index (κ1) is 18.7. The molecule has 0 bridgehead atoms. The minimum Gasteiger partial charge on any atom is -0.481 e.